The zero-order valence-electron chi connectivity index (χ0n) is 17.3. The van der Waals surface area contributed by atoms with E-state index in [1.807, 2.05) is 0 Å². The second-order valence-corrected chi connectivity index (χ2v) is 7.69. The third-order valence-corrected chi connectivity index (χ3v) is 5.02. The molecule has 2 amide bonds. The van der Waals surface area contributed by atoms with Gasteiger partial charge in [-0.3, -0.25) is 9.59 Å². The Kier molecular flexibility index (Phi) is 7.67. The molecule has 0 aromatic heterocycles. The molecule has 3 N–H and O–H groups in total. The standard InChI is InChI=1S/C23H21F2N3O3S/c1-14(29)26-20-12-9-16(13-21(20)31-2)28-22(30)18-5-3-4-6-19(18)27-15-7-10-17(11-8-15)32-23(24)25/h3-13,23,27H,1-2H3,(H,26,29)(H,28,30). The summed E-state index contributed by atoms with van der Waals surface area (Å²) < 4.78 is 30.3. The third-order valence-electron chi connectivity index (χ3n) is 4.30. The first-order valence-electron chi connectivity index (χ1n) is 9.53. The van der Waals surface area contributed by atoms with Crippen LogP contribution in [0, 0.1) is 0 Å². The summed E-state index contributed by atoms with van der Waals surface area (Å²) in [5.74, 6) is -2.66. The topological polar surface area (TPSA) is 79.5 Å². The largest absolute Gasteiger partial charge is 0.494 e. The Balaban J connectivity index is 1.76. The van der Waals surface area contributed by atoms with E-state index in [4.69, 9.17) is 4.74 Å². The van der Waals surface area contributed by atoms with Crippen molar-refractivity contribution in [2.75, 3.05) is 23.1 Å². The summed E-state index contributed by atoms with van der Waals surface area (Å²) in [6, 6.07) is 18.4. The number of amides is 2. The highest BCUT2D eigenvalue weighted by molar-refractivity contribution is 7.99. The van der Waals surface area contributed by atoms with Gasteiger partial charge in [-0.2, -0.15) is 8.78 Å². The smallest absolute Gasteiger partial charge is 0.288 e. The maximum Gasteiger partial charge on any atom is 0.288 e. The number of benzene rings is 3. The number of carbonyl (C=O) groups excluding carboxylic acids is 2. The predicted molar refractivity (Wildman–Crippen MR) is 123 cm³/mol. The summed E-state index contributed by atoms with van der Waals surface area (Å²) >= 11 is 0.471. The molecule has 0 spiro atoms. The van der Waals surface area contributed by atoms with Crippen molar-refractivity contribution in [2.45, 2.75) is 17.6 Å². The van der Waals surface area contributed by atoms with Gasteiger partial charge in [0.15, 0.2) is 0 Å². The quantitative estimate of drug-likeness (QED) is 0.364. The lowest BCUT2D eigenvalue weighted by Crippen LogP contribution is -2.14. The van der Waals surface area contributed by atoms with Crippen molar-refractivity contribution in [3.05, 3.63) is 72.3 Å². The molecule has 166 valence electrons. The van der Waals surface area contributed by atoms with Gasteiger partial charge in [0.05, 0.1) is 24.0 Å². The lowest BCUT2D eigenvalue weighted by Gasteiger charge is -2.14. The van der Waals surface area contributed by atoms with E-state index in [0.717, 1.165) is 0 Å². The monoisotopic (exact) mass is 457 g/mol. The molecule has 0 fully saturated rings. The lowest BCUT2D eigenvalue weighted by molar-refractivity contribution is -0.114. The highest BCUT2D eigenvalue weighted by Crippen LogP contribution is 2.30. The van der Waals surface area contributed by atoms with Gasteiger partial charge in [-0.15, -0.1) is 0 Å². The van der Waals surface area contributed by atoms with Gasteiger partial charge < -0.3 is 20.7 Å². The van der Waals surface area contributed by atoms with Gasteiger partial charge in [0.1, 0.15) is 5.75 Å². The average molecular weight is 458 g/mol. The number of methoxy groups -OCH3 is 1. The molecule has 0 saturated heterocycles. The molecule has 0 unspecified atom stereocenters. The molecule has 9 heteroatoms. The Hall–Kier alpha value is -3.59. The molecule has 0 saturated carbocycles. The van der Waals surface area contributed by atoms with Crippen molar-refractivity contribution in [3.8, 4) is 5.75 Å². The highest BCUT2D eigenvalue weighted by atomic mass is 32.2. The van der Waals surface area contributed by atoms with Crippen LogP contribution in [-0.4, -0.2) is 24.7 Å². The number of thioether (sulfide) groups is 1. The van der Waals surface area contributed by atoms with Crippen molar-refractivity contribution in [1.82, 2.24) is 0 Å². The molecule has 0 aliphatic carbocycles. The third kappa shape index (κ3) is 6.21. The Morgan fingerprint density at radius 3 is 2.25 bits per heavy atom. The van der Waals surface area contributed by atoms with Crippen LogP contribution in [0.3, 0.4) is 0 Å². The highest BCUT2D eigenvalue weighted by Gasteiger charge is 2.14. The van der Waals surface area contributed by atoms with Crippen LogP contribution in [0.5, 0.6) is 5.75 Å². The fourth-order valence-electron chi connectivity index (χ4n) is 2.93. The van der Waals surface area contributed by atoms with Crippen LogP contribution in [0.1, 0.15) is 17.3 Å². The molecule has 0 radical (unpaired) electrons. The zero-order chi connectivity index (χ0) is 23.1. The molecule has 3 aromatic carbocycles. The Morgan fingerprint density at radius 1 is 0.906 bits per heavy atom. The first kappa shape index (κ1) is 23.1. The number of nitrogens with one attached hydrogen (secondary N) is 3. The molecule has 0 atom stereocenters. The second kappa shape index (κ2) is 10.6. The van der Waals surface area contributed by atoms with Crippen molar-refractivity contribution < 1.29 is 23.1 Å². The molecule has 0 aliphatic heterocycles. The fourth-order valence-corrected chi connectivity index (χ4v) is 3.42. The minimum Gasteiger partial charge on any atom is -0.494 e. The molecule has 3 aromatic rings. The molecule has 3 rings (SSSR count). The number of para-hydroxylation sites is 1. The van der Waals surface area contributed by atoms with Crippen molar-refractivity contribution in [3.63, 3.8) is 0 Å². The van der Waals surface area contributed by atoms with Gasteiger partial charge in [-0.1, -0.05) is 23.9 Å². The van der Waals surface area contributed by atoms with Crippen LogP contribution in [0.4, 0.5) is 31.5 Å². The van der Waals surface area contributed by atoms with Gasteiger partial charge in [0.25, 0.3) is 11.7 Å². The molecule has 32 heavy (non-hydrogen) atoms. The van der Waals surface area contributed by atoms with Gasteiger partial charge in [0.2, 0.25) is 5.91 Å². The molecule has 0 heterocycles. The number of hydrogen-bond acceptors (Lipinski definition) is 5. The van der Waals surface area contributed by atoms with E-state index in [-0.39, 0.29) is 11.8 Å². The average Bonchev–Trinajstić information content (AvgIpc) is 2.75. The first-order valence-corrected chi connectivity index (χ1v) is 10.4. The maximum atomic E-state index is 12.9. The number of rotatable bonds is 8. The summed E-state index contributed by atoms with van der Waals surface area (Å²) in [6.45, 7) is 1.39. The minimum atomic E-state index is -2.48. The summed E-state index contributed by atoms with van der Waals surface area (Å²) in [7, 11) is 1.47. The molecular formula is C23H21F2N3O3S. The van der Waals surface area contributed by atoms with E-state index in [1.54, 1.807) is 66.7 Å². The molecular weight excluding hydrogens is 436 g/mol. The molecule has 6 nitrogen and oxygen atoms in total. The number of carbonyl (C=O) groups is 2. The van der Waals surface area contributed by atoms with Crippen molar-refractivity contribution >= 4 is 46.3 Å². The van der Waals surface area contributed by atoms with Gasteiger partial charge in [-0.25, -0.2) is 0 Å². The molecule has 0 aliphatic rings. The van der Waals surface area contributed by atoms with E-state index < -0.39 is 5.76 Å². The first-order chi connectivity index (χ1) is 15.4. The lowest BCUT2D eigenvalue weighted by atomic mass is 10.1. The van der Waals surface area contributed by atoms with Crippen LogP contribution in [0.15, 0.2) is 71.6 Å². The van der Waals surface area contributed by atoms with Crippen molar-refractivity contribution in [2.24, 2.45) is 0 Å². The number of ether oxygens (including phenoxy) is 1. The van der Waals surface area contributed by atoms with Gasteiger partial charge >= 0.3 is 0 Å². The Labute approximate surface area is 188 Å². The number of hydrogen-bond donors (Lipinski definition) is 3. The minimum absolute atomic E-state index is 0.235. The second-order valence-electron chi connectivity index (χ2n) is 6.62. The summed E-state index contributed by atoms with van der Waals surface area (Å²) in [4.78, 5) is 24.7. The van der Waals surface area contributed by atoms with Crippen LogP contribution in [0.2, 0.25) is 0 Å². The van der Waals surface area contributed by atoms with E-state index in [2.05, 4.69) is 16.0 Å². The van der Waals surface area contributed by atoms with E-state index in [1.165, 1.54) is 14.0 Å². The van der Waals surface area contributed by atoms with Crippen LogP contribution in [-0.2, 0) is 4.79 Å². The number of alkyl halides is 2. The normalized spacial score (nSPS) is 10.5. The number of halogens is 2. The summed E-state index contributed by atoms with van der Waals surface area (Å²) in [6.07, 6.45) is 0. The predicted octanol–water partition coefficient (Wildman–Crippen LogP) is 5.96. The van der Waals surface area contributed by atoms with Gasteiger partial charge in [0, 0.05) is 29.3 Å². The molecule has 0 bridgehead atoms. The summed E-state index contributed by atoms with van der Waals surface area (Å²) in [5.41, 5.74) is 2.59. The van der Waals surface area contributed by atoms with Crippen LogP contribution in [0.25, 0.3) is 0 Å². The van der Waals surface area contributed by atoms with Crippen molar-refractivity contribution in [1.29, 1.82) is 0 Å². The maximum absolute atomic E-state index is 12.9. The zero-order valence-corrected chi connectivity index (χ0v) is 18.1. The number of anilines is 4. The van der Waals surface area contributed by atoms with Crippen LogP contribution >= 0.6 is 11.8 Å². The van der Waals surface area contributed by atoms with E-state index in [0.29, 0.717) is 50.7 Å². The van der Waals surface area contributed by atoms with Crippen LogP contribution < -0.4 is 20.7 Å². The Bertz CT molecular complexity index is 1110. The van der Waals surface area contributed by atoms with E-state index in [9.17, 15) is 18.4 Å². The Morgan fingerprint density at radius 2 is 1.59 bits per heavy atom. The van der Waals surface area contributed by atoms with Gasteiger partial charge in [-0.05, 0) is 48.5 Å². The SMILES string of the molecule is COc1cc(NC(=O)c2ccccc2Nc2ccc(SC(F)F)cc2)ccc1NC(C)=O. The van der Waals surface area contributed by atoms with E-state index >= 15 is 0 Å². The fraction of sp³-hybridized carbons (Fsp3) is 0.130. The summed E-state index contributed by atoms with van der Waals surface area (Å²) in [5, 5.41) is 8.61.